The Morgan fingerprint density at radius 3 is 2.81 bits per heavy atom. The molecule has 1 fully saturated rings. The number of hydrogen-bond acceptors (Lipinski definition) is 5. The molecule has 2 aromatic rings. The number of fused-ring (bicyclic) bond motifs is 1. The molecule has 1 aliphatic rings. The highest BCUT2D eigenvalue weighted by Crippen LogP contribution is 2.21. The van der Waals surface area contributed by atoms with Crippen molar-refractivity contribution in [3.63, 3.8) is 0 Å². The zero-order chi connectivity index (χ0) is 18.9. The molecule has 0 radical (unpaired) electrons. The molecule has 0 spiro atoms. The lowest BCUT2D eigenvalue weighted by molar-refractivity contribution is -0.122. The number of nitrogens with one attached hydrogen (secondary N) is 2. The van der Waals surface area contributed by atoms with E-state index in [0.29, 0.717) is 18.8 Å². The smallest absolute Gasteiger partial charge is 0.410 e. The highest BCUT2D eigenvalue weighted by molar-refractivity contribution is 6.02. The third-order valence-electron chi connectivity index (χ3n) is 4.34. The molecule has 1 aliphatic heterocycles. The van der Waals surface area contributed by atoms with Crippen LogP contribution < -0.4 is 5.32 Å². The van der Waals surface area contributed by atoms with Crippen molar-refractivity contribution < 1.29 is 14.3 Å². The van der Waals surface area contributed by atoms with Crippen LogP contribution >= 0.6 is 0 Å². The minimum Gasteiger partial charge on any atom is -0.444 e. The molecule has 3 rings (SSSR count). The molecule has 26 heavy (non-hydrogen) atoms. The fraction of sp³-hybridized carbons (Fsp3) is 0.500. The number of carbonyl (C=O) groups excluding carboxylic acids is 2. The lowest BCUT2D eigenvalue weighted by Gasteiger charge is -2.38. The lowest BCUT2D eigenvalue weighted by atomic mass is 10.1. The van der Waals surface area contributed by atoms with E-state index in [1.54, 1.807) is 11.1 Å². The Labute approximate surface area is 152 Å². The molecule has 2 N–H and O–H groups in total. The molecule has 8 nitrogen and oxygen atoms in total. The molecule has 1 aromatic heterocycles. The Morgan fingerprint density at radius 2 is 2.08 bits per heavy atom. The number of amides is 2. The molecule has 1 atom stereocenters. The van der Waals surface area contributed by atoms with Crippen molar-refractivity contribution in [2.45, 2.75) is 32.4 Å². The minimum absolute atomic E-state index is 0.164. The number of aromatic amines is 1. The van der Waals surface area contributed by atoms with Gasteiger partial charge in [-0.2, -0.15) is 5.10 Å². The summed E-state index contributed by atoms with van der Waals surface area (Å²) in [5, 5.41) is 10.8. The summed E-state index contributed by atoms with van der Waals surface area (Å²) in [5.41, 5.74) is 0.894. The second kappa shape index (κ2) is 6.95. The first-order valence-corrected chi connectivity index (χ1v) is 8.66. The normalized spacial score (nSPS) is 18.8. The summed E-state index contributed by atoms with van der Waals surface area (Å²) in [6.07, 6.45) is 1.32. The van der Waals surface area contributed by atoms with Crippen LogP contribution in [0.5, 0.6) is 0 Å². The number of rotatable bonds is 2. The van der Waals surface area contributed by atoms with Crippen molar-refractivity contribution in [1.29, 1.82) is 0 Å². The molecule has 8 heteroatoms. The van der Waals surface area contributed by atoms with Gasteiger partial charge in [-0.1, -0.05) is 12.1 Å². The van der Waals surface area contributed by atoms with E-state index in [0.717, 1.165) is 10.9 Å². The Kier molecular flexibility index (Phi) is 4.86. The number of H-pyrrole nitrogens is 1. The van der Waals surface area contributed by atoms with E-state index in [4.69, 9.17) is 4.74 Å². The zero-order valence-corrected chi connectivity index (χ0v) is 15.6. The monoisotopic (exact) mass is 359 g/mol. The van der Waals surface area contributed by atoms with Crippen molar-refractivity contribution in [2.24, 2.45) is 0 Å². The van der Waals surface area contributed by atoms with E-state index >= 15 is 0 Å². The van der Waals surface area contributed by atoms with Crippen molar-refractivity contribution in [2.75, 3.05) is 32.0 Å². The molecule has 2 heterocycles. The largest absolute Gasteiger partial charge is 0.444 e. The highest BCUT2D eigenvalue weighted by Gasteiger charge is 2.34. The number of piperazine rings is 1. The van der Waals surface area contributed by atoms with Gasteiger partial charge in [-0.15, -0.1) is 0 Å². The van der Waals surface area contributed by atoms with Crippen LogP contribution in [0.3, 0.4) is 0 Å². The van der Waals surface area contributed by atoms with E-state index in [2.05, 4.69) is 15.5 Å². The van der Waals surface area contributed by atoms with Crippen molar-refractivity contribution >= 4 is 28.6 Å². The number of anilines is 1. The molecule has 1 saturated heterocycles. The summed E-state index contributed by atoms with van der Waals surface area (Å²) >= 11 is 0. The zero-order valence-electron chi connectivity index (χ0n) is 15.6. The number of para-hydroxylation sites is 1. The molecule has 1 unspecified atom stereocenters. The van der Waals surface area contributed by atoms with E-state index < -0.39 is 11.6 Å². The second-order valence-electron chi connectivity index (χ2n) is 7.55. The minimum atomic E-state index is -0.561. The van der Waals surface area contributed by atoms with Gasteiger partial charge in [0.2, 0.25) is 5.91 Å². The number of benzene rings is 1. The van der Waals surface area contributed by atoms with Crippen molar-refractivity contribution in [1.82, 2.24) is 20.0 Å². The van der Waals surface area contributed by atoms with Gasteiger partial charge in [0.1, 0.15) is 11.6 Å². The van der Waals surface area contributed by atoms with E-state index in [-0.39, 0.29) is 18.5 Å². The van der Waals surface area contributed by atoms with Gasteiger partial charge in [0.05, 0.1) is 17.4 Å². The van der Waals surface area contributed by atoms with Gasteiger partial charge in [-0.25, -0.2) is 4.79 Å². The number of ether oxygens (including phenoxy) is 1. The first-order chi connectivity index (χ1) is 12.2. The number of aromatic nitrogens is 2. The maximum absolute atomic E-state index is 12.8. The van der Waals surface area contributed by atoms with E-state index in [1.807, 2.05) is 50.9 Å². The van der Waals surface area contributed by atoms with Crippen LogP contribution in [0.1, 0.15) is 20.8 Å². The van der Waals surface area contributed by atoms with E-state index in [9.17, 15) is 9.59 Å². The van der Waals surface area contributed by atoms with Gasteiger partial charge in [-0.3, -0.25) is 14.8 Å². The number of carbonyl (C=O) groups is 2. The predicted molar refractivity (Wildman–Crippen MR) is 98.9 cm³/mol. The van der Waals surface area contributed by atoms with Crippen molar-refractivity contribution in [3.8, 4) is 0 Å². The Bertz CT molecular complexity index is 811. The fourth-order valence-electron chi connectivity index (χ4n) is 2.94. The molecule has 2 amide bonds. The summed E-state index contributed by atoms with van der Waals surface area (Å²) in [6.45, 7) is 6.91. The maximum Gasteiger partial charge on any atom is 0.410 e. The Morgan fingerprint density at radius 1 is 1.31 bits per heavy atom. The summed E-state index contributed by atoms with van der Waals surface area (Å²) < 4.78 is 5.43. The summed E-state index contributed by atoms with van der Waals surface area (Å²) in [7, 11) is 1.88. The number of likely N-dealkylation sites (N-methyl/N-ethyl adjacent to an activating group) is 1. The SMILES string of the molecule is CN1CCN(C(=O)OC(C)(C)C)CC1C(=O)Nc1cccc2cn[nH]c12. The third kappa shape index (κ3) is 3.96. The van der Waals surface area contributed by atoms with Gasteiger partial charge in [0.15, 0.2) is 0 Å². The van der Waals surface area contributed by atoms with Crippen LogP contribution in [-0.2, 0) is 9.53 Å². The first-order valence-electron chi connectivity index (χ1n) is 8.66. The first kappa shape index (κ1) is 18.2. The van der Waals surface area contributed by atoms with Gasteiger partial charge in [-0.05, 0) is 33.9 Å². The summed E-state index contributed by atoms with van der Waals surface area (Å²) in [4.78, 5) is 28.7. The fourth-order valence-corrected chi connectivity index (χ4v) is 2.94. The molecule has 0 saturated carbocycles. The van der Waals surface area contributed by atoms with Crippen LogP contribution in [0.25, 0.3) is 10.9 Å². The van der Waals surface area contributed by atoms with Gasteiger partial charge in [0, 0.05) is 25.0 Å². The summed E-state index contributed by atoms with van der Waals surface area (Å²) in [6, 6.07) is 5.16. The Balaban J connectivity index is 1.71. The molecule has 140 valence electrons. The molecule has 0 bridgehead atoms. The molecule has 1 aromatic carbocycles. The van der Waals surface area contributed by atoms with Crippen LogP contribution in [0.15, 0.2) is 24.4 Å². The predicted octanol–water partition coefficient (Wildman–Crippen LogP) is 2.05. The number of hydrogen-bond donors (Lipinski definition) is 2. The third-order valence-corrected chi connectivity index (χ3v) is 4.34. The molecule has 0 aliphatic carbocycles. The average molecular weight is 359 g/mol. The standard InChI is InChI=1S/C18H25N5O3/c1-18(2,3)26-17(25)23-9-8-22(4)14(11-23)16(24)20-13-7-5-6-12-10-19-21-15(12)13/h5-7,10,14H,8-9,11H2,1-4H3,(H,19,21)(H,20,24). The molecular formula is C18H25N5O3. The van der Waals surface area contributed by atoms with Gasteiger partial charge < -0.3 is 15.0 Å². The van der Waals surface area contributed by atoms with Crippen LogP contribution in [-0.4, -0.2) is 70.3 Å². The van der Waals surface area contributed by atoms with Crippen LogP contribution in [0, 0.1) is 0 Å². The van der Waals surface area contributed by atoms with E-state index in [1.165, 1.54) is 0 Å². The average Bonchev–Trinajstić information content (AvgIpc) is 3.03. The van der Waals surface area contributed by atoms with Crippen LogP contribution in [0.4, 0.5) is 10.5 Å². The van der Waals surface area contributed by atoms with Gasteiger partial charge in [0.25, 0.3) is 0 Å². The lowest BCUT2D eigenvalue weighted by Crippen LogP contribution is -2.58. The van der Waals surface area contributed by atoms with Crippen molar-refractivity contribution in [3.05, 3.63) is 24.4 Å². The van der Waals surface area contributed by atoms with Crippen LogP contribution in [0.2, 0.25) is 0 Å². The topological polar surface area (TPSA) is 90.6 Å². The Hall–Kier alpha value is -2.61. The number of nitrogens with zero attached hydrogens (tertiary/aromatic N) is 3. The molecular weight excluding hydrogens is 334 g/mol. The highest BCUT2D eigenvalue weighted by atomic mass is 16.6. The maximum atomic E-state index is 12.8. The second-order valence-corrected chi connectivity index (χ2v) is 7.55. The summed E-state index contributed by atoms with van der Waals surface area (Å²) in [5.74, 6) is -0.164. The van der Waals surface area contributed by atoms with Gasteiger partial charge >= 0.3 is 6.09 Å². The quantitative estimate of drug-likeness (QED) is 0.856.